The highest BCUT2D eigenvalue weighted by atomic mass is 35.5. The summed E-state index contributed by atoms with van der Waals surface area (Å²) in [5.74, 6) is 0.840. The van der Waals surface area contributed by atoms with Gasteiger partial charge >= 0.3 is 0 Å². The Morgan fingerprint density at radius 3 is 2.80 bits per heavy atom. The van der Waals surface area contributed by atoms with Crippen molar-refractivity contribution in [2.75, 3.05) is 19.5 Å². The average molecular weight is 359 g/mol. The van der Waals surface area contributed by atoms with Gasteiger partial charge in [-0.25, -0.2) is 9.97 Å². The minimum absolute atomic E-state index is 0.264. The molecule has 25 heavy (non-hydrogen) atoms. The highest BCUT2D eigenvalue weighted by Crippen LogP contribution is 2.37. The van der Waals surface area contributed by atoms with Crippen molar-refractivity contribution in [1.29, 1.82) is 0 Å². The van der Waals surface area contributed by atoms with Gasteiger partial charge in [0.05, 0.1) is 29.6 Å². The van der Waals surface area contributed by atoms with E-state index in [0.717, 1.165) is 5.56 Å². The zero-order valence-corrected chi connectivity index (χ0v) is 14.3. The summed E-state index contributed by atoms with van der Waals surface area (Å²) in [6, 6.07) is 7.09. The maximum Gasteiger partial charge on any atom is 0.254 e. The molecule has 1 amide bonds. The van der Waals surface area contributed by atoms with Crippen LogP contribution in [0.25, 0.3) is 11.4 Å². The van der Waals surface area contributed by atoms with Gasteiger partial charge in [0.1, 0.15) is 11.5 Å². The van der Waals surface area contributed by atoms with Crippen LogP contribution in [-0.2, 0) is 0 Å². The van der Waals surface area contributed by atoms with E-state index in [1.807, 2.05) is 18.2 Å². The molecule has 0 saturated carbocycles. The Balaban J connectivity index is 2.06. The number of methoxy groups -OCH3 is 1. The van der Waals surface area contributed by atoms with E-state index in [4.69, 9.17) is 16.3 Å². The van der Waals surface area contributed by atoms with Gasteiger partial charge in [-0.2, -0.15) is 5.10 Å². The quantitative estimate of drug-likeness (QED) is 0.605. The summed E-state index contributed by atoms with van der Waals surface area (Å²) in [4.78, 5) is 20.2. The van der Waals surface area contributed by atoms with Crippen LogP contribution in [0.15, 0.2) is 36.8 Å². The maximum absolute atomic E-state index is 12.1. The van der Waals surface area contributed by atoms with Gasteiger partial charge in [0.15, 0.2) is 11.6 Å². The number of amides is 1. The van der Waals surface area contributed by atoms with Crippen LogP contribution in [0.1, 0.15) is 10.4 Å². The molecule has 0 aliphatic heterocycles. The number of hydrogen-bond acceptors (Lipinski definition) is 6. The molecular weight excluding hydrogens is 344 g/mol. The average Bonchev–Trinajstić information content (AvgIpc) is 3.15. The lowest BCUT2D eigenvalue weighted by Gasteiger charge is -2.16. The minimum atomic E-state index is -0.281. The third kappa shape index (κ3) is 3.38. The Labute approximate surface area is 148 Å². The molecule has 0 bridgehead atoms. The number of nitrogens with zero attached hydrogens (tertiary/aromatic N) is 3. The Morgan fingerprint density at radius 2 is 2.12 bits per heavy atom. The van der Waals surface area contributed by atoms with Gasteiger partial charge in [-0.1, -0.05) is 17.7 Å². The molecule has 0 unspecified atom stereocenters. The molecule has 3 N–H and O–H groups in total. The molecule has 2 heterocycles. The molecule has 0 saturated heterocycles. The van der Waals surface area contributed by atoms with Gasteiger partial charge in [0.25, 0.3) is 5.91 Å². The zero-order valence-electron chi connectivity index (χ0n) is 13.5. The smallest absolute Gasteiger partial charge is 0.254 e. The van der Waals surface area contributed by atoms with Crippen molar-refractivity contribution >= 4 is 28.9 Å². The number of pyridine rings is 1. The van der Waals surface area contributed by atoms with Gasteiger partial charge < -0.3 is 15.4 Å². The maximum atomic E-state index is 12.1. The molecule has 8 nitrogen and oxygen atoms in total. The van der Waals surface area contributed by atoms with Crippen LogP contribution in [0.5, 0.6) is 5.75 Å². The van der Waals surface area contributed by atoms with Crippen molar-refractivity contribution in [2.24, 2.45) is 0 Å². The van der Waals surface area contributed by atoms with Gasteiger partial charge in [-0.15, -0.1) is 0 Å². The first-order valence-corrected chi connectivity index (χ1v) is 7.69. The predicted molar refractivity (Wildman–Crippen MR) is 94.3 cm³/mol. The molecule has 0 atom stereocenters. The number of anilines is 2. The van der Waals surface area contributed by atoms with Crippen molar-refractivity contribution in [3.63, 3.8) is 0 Å². The lowest BCUT2D eigenvalue weighted by Crippen LogP contribution is -2.19. The summed E-state index contributed by atoms with van der Waals surface area (Å²) in [5.41, 5.74) is 2.24. The van der Waals surface area contributed by atoms with Gasteiger partial charge in [-0.3, -0.25) is 9.89 Å². The Bertz CT molecular complexity index is 898. The molecule has 1 aromatic carbocycles. The fourth-order valence-electron chi connectivity index (χ4n) is 2.37. The van der Waals surface area contributed by atoms with E-state index in [1.165, 1.54) is 12.5 Å². The molecule has 0 radical (unpaired) electrons. The van der Waals surface area contributed by atoms with Gasteiger partial charge in [0.2, 0.25) is 0 Å². The first-order valence-electron chi connectivity index (χ1n) is 7.31. The number of halogens is 1. The number of benzene rings is 1. The van der Waals surface area contributed by atoms with Crippen molar-refractivity contribution in [3.05, 3.63) is 47.5 Å². The standard InChI is InChI=1S/C16H15ClN6O2/c1-18-16(24)10-7-19-13(17)6-12(10)22-11-5-3-4-9(14(11)25-2)15-20-8-21-23-15/h3-8H,1-2H3,(H,18,24)(H,19,22)(H,20,21,23). The zero-order chi connectivity index (χ0) is 17.8. The predicted octanol–water partition coefficient (Wildman–Crippen LogP) is 2.63. The van der Waals surface area contributed by atoms with E-state index in [-0.39, 0.29) is 11.1 Å². The lowest BCUT2D eigenvalue weighted by atomic mass is 10.1. The number of carbonyl (C=O) groups excluding carboxylic acids is 1. The van der Waals surface area contributed by atoms with Gasteiger partial charge in [0, 0.05) is 13.2 Å². The molecule has 2 aromatic heterocycles. The largest absolute Gasteiger partial charge is 0.494 e. The van der Waals surface area contributed by atoms with E-state index in [1.54, 1.807) is 20.2 Å². The van der Waals surface area contributed by atoms with Crippen molar-refractivity contribution in [1.82, 2.24) is 25.5 Å². The molecule has 0 aliphatic rings. The first kappa shape index (κ1) is 16.7. The topological polar surface area (TPSA) is 105 Å². The molecule has 128 valence electrons. The number of aromatic amines is 1. The number of ether oxygens (including phenoxy) is 1. The van der Waals surface area contributed by atoms with Crippen molar-refractivity contribution < 1.29 is 9.53 Å². The molecule has 3 rings (SSSR count). The molecule has 3 aromatic rings. The highest BCUT2D eigenvalue weighted by molar-refractivity contribution is 6.29. The van der Waals surface area contributed by atoms with Crippen LogP contribution >= 0.6 is 11.6 Å². The number of rotatable bonds is 5. The summed E-state index contributed by atoms with van der Waals surface area (Å²) in [5, 5.41) is 12.7. The van der Waals surface area contributed by atoms with E-state index >= 15 is 0 Å². The number of hydrogen-bond donors (Lipinski definition) is 3. The normalized spacial score (nSPS) is 10.4. The third-order valence-corrected chi connectivity index (χ3v) is 3.71. The summed E-state index contributed by atoms with van der Waals surface area (Å²) >= 11 is 5.98. The van der Waals surface area contributed by atoms with E-state index < -0.39 is 0 Å². The second-order valence-corrected chi connectivity index (χ2v) is 5.36. The van der Waals surface area contributed by atoms with Crippen LogP contribution < -0.4 is 15.4 Å². The minimum Gasteiger partial charge on any atom is -0.494 e. The van der Waals surface area contributed by atoms with Crippen LogP contribution in [0.4, 0.5) is 11.4 Å². The number of H-pyrrole nitrogens is 1. The molecule has 0 fully saturated rings. The molecular formula is C16H15ClN6O2. The van der Waals surface area contributed by atoms with Crippen molar-refractivity contribution in [2.45, 2.75) is 0 Å². The number of nitrogens with one attached hydrogen (secondary N) is 3. The number of aromatic nitrogens is 4. The summed E-state index contributed by atoms with van der Waals surface area (Å²) in [6.45, 7) is 0. The Morgan fingerprint density at radius 1 is 1.28 bits per heavy atom. The summed E-state index contributed by atoms with van der Waals surface area (Å²) < 4.78 is 5.53. The number of carbonyl (C=O) groups is 1. The molecule has 0 aliphatic carbocycles. The fraction of sp³-hybridized carbons (Fsp3) is 0.125. The van der Waals surface area contributed by atoms with Crippen LogP contribution in [-0.4, -0.2) is 40.2 Å². The van der Waals surface area contributed by atoms with E-state index in [0.29, 0.717) is 28.5 Å². The molecule has 9 heteroatoms. The Hall–Kier alpha value is -3.13. The van der Waals surface area contributed by atoms with Crippen LogP contribution in [0, 0.1) is 0 Å². The third-order valence-electron chi connectivity index (χ3n) is 3.50. The van der Waals surface area contributed by atoms with Crippen LogP contribution in [0.2, 0.25) is 5.15 Å². The summed E-state index contributed by atoms with van der Waals surface area (Å²) in [6.07, 6.45) is 2.83. The Kier molecular flexibility index (Phi) is 4.80. The number of para-hydroxylation sites is 1. The monoisotopic (exact) mass is 358 g/mol. The van der Waals surface area contributed by atoms with Gasteiger partial charge in [-0.05, 0) is 18.2 Å². The fourth-order valence-corrected chi connectivity index (χ4v) is 2.53. The lowest BCUT2D eigenvalue weighted by molar-refractivity contribution is 0.0963. The van der Waals surface area contributed by atoms with E-state index in [9.17, 15) is 4.79 Å². The van der Waals surface area contributed by atoms with Crippen LogP contribution in [0.3, 0.4) is 0 Å². The highest BCUT2D eigenvalue weighted by Gasteiger charge is 2.16. The first-order chi connectivity index (χ1) is 12.1. The summed E-state index contributed by atoms with van der Waals surface area (Å²) in [7, 11) is 3.10. The second kappa shape index (κ2) is 7.18. The second-order valence-electron chi connectivity index (χ2n) is 4.98. The van der Waals surface area contributed by atoms with Crippen molar-refractivity contribution in [3.8, 4) is 17.1 Å². The SMILES string of the molecule is CNC(=O)c1cnc(Cl)cc1Nc1cccc(-c2ncn[nH]2)c1OC. The molecule has 0 spiro atoms. The van der Waals surface area contributed by atoms with E-state index in [2.05, 4.69) is 30.8 Å².